The molecule has 7 nitrogen and oxygen atoms in total. The molecule has 2 N–H and O–H groups in total. The maximum Gasteiger partial charge on any atom is 0.261 e. The number of rotatable bonds is 14. The zero-order valence-electron chi connectivity index (χ0n) is 22.1. The molecule has 0 saturated heterocycles. The van der Waals surface area contributed by atoms with Gasteiger partial charge in [-0.3, -0.25) is 4.79 Å². The van der Waals surface area contributed by atoms with Crippen LogP contribution in [0.1, 0.15) is 67.1 Å². The topological polar surface area (TPSA) is 79.4 Å². The van der Waals surface area contributed by atoms with Crippen molar-refractivity contribution < 1.29 is 9.53 Å². The predicted octanol–water partition coefficient (Wildman–Crippen LogP) is 6.09. The monoisotopic (exact) mass is 509 g/mol. The molecule has 2 aromatic heterocycles. The van der Waals surface area contributed by atoms with Crippen molar-refractivity contribution in [3.8, 4) is 5.75 Å². The summed E-state index contributed by atoms with van der Waals surface area (Å²) in [5.41, 5.74) is 1.99. The van der Waals surface area contributed by atoms with Gasteiger partial charge in [0.1, 0.15) is 11.9 Å². The molecule has 36 heavy (non-hydrogen) atoms. The maximum atomic E-state index is 13.8. The number of hydrogen-bond acceptors (Lipinski definition) is 7. The Morgan fingerprint density at radius 2 is 2.03 bits per heavy atom. The van der Waals surface area contributed by atoms with Gasteiger partial charge < -0.3 is 20.3 Å². The van der Waals surface area contributed by atoms with Crippen LogP contribution in [0.3, 0.4) is 0 Å². The van der Waals surface area contributed by atoms with Crippen molar-refractivity contribution in [2.45, 2.75) is 53.1 Å². The number of benzene rings is 1. The standard InChI is InChI=1S/C28H39N5O2S/c1-6-20(3)14-16-33(27(34)24-19-31-28(30-7-2)32-21(24)4)22-10-8-11-23(18-22)35-25(13-15-29-5)26-12-9-17-36-26/h8-12,17-20,25,29H,6-7,13-16H2,1-5H3,(H,30,31,32). The van der Waals surface area contributed by atoms with Crippen molar-refractivity contribution in [1.29, 1.82) is 0 Å². The first kappa shape index (κ1) is 27.6. The summed E-state index contributed by atoms with van der Waals surface area (Å²) < 4.78 is 6.45. The number of carbonyl (C=O) groups is 1. The highest BCUT2D eigenvalue weighted by atomic mass is 32.1. The van der Waals surface area contributed by atoms with E-state index in [1.807, 2.05) is 56.1 Å². The first-order chi connectivity index (χ1) is 17.5. The summed E-state index contributed by atoms with van der Waals surface area (Å²) in [6.07, 6.45) is 4.41. The number of aromatic nitrogens is 2. The lowest BCUT2D eigenvalue weighted by Crippen LogP contribution is -2.33. The quantitative estimate of drug-likeness (QED) is 0.274. The summed E-state index contributed by atoms with van der Waals surface area (Å²) in [7, 11) is 1.95. The van der Waals surface area contributed by atoms with Crippen molar-refractivity contribution in [3.05, 3.63) is 64.1 Å². The number of nitrogens with zero attached hydrogens (tertiary/aromatic N) is 3. The van der Waals surface area contributed by atoms with E-state index in [2.05, 4.69) is 45.9 Å². The number of ether oxygens (including phenoxy) is 1. The third-order valence-corrected chi connectivity index (χ3v) is 7.22. The lowest BCUT2D eigenvalue weighted by atomic mass is 10.0. The van der Waals surface area contributed by atoms with Crippen molar-refractivity contribution in [2.24, 2.45) is 5.92 Å². The molecule has 8 heteroatoms. The summed E-state index contributed by atoms with van der Waals surface area (Å²) in [6, 6.07) is 12.0. The Bertz CT molecular complexity index is 1090. The summed E-state index contributed by atoms with van der Waals surface area (Å²) in [4.78, 5) is 25.6. The Morgan fingerprint density at radius 1 is 1.19 bits per heavy atom. The van der Waals surface area contributed by atoms with Crippen LogP contribution in [-0.2, 0) is 0 Å². The van der Waals surface area contributed by atoms with Crippen LogP contribution in [0.5, 0.6) is 5.75 Å². The van der Waals surface area contributed by atoms with Crippen LogP contribution in [0.2, 0.25) is 0 Å². The first-order valence-corrected chi connectivity index (χ1v) is 13.7. The average Bonchev–Trinajstić information content (AvgIpc) is 3.42. The number of anilines is 2. The second kappa shape index (κ2) is 13.9. The molecule has 0 saturated carbocycles. The second-order valence-corrected chi connectivity index (χ2v) is 9.97. The van der Waals surface area contributed by atoms with Crippen molar-refractivity contribution >= 4 is 28.9 Å². The minimum Gasteiger partial charge on any atom is -0.485 e. The number of nitrogens with one attached hydrogen (secondary N) is 2. The second-order valence-electron chi connectivity index (χ2n) is 8.99. The molecule has 1 aromatic carbocycles. The molecule has 0 aliphatic rings. The highest BCUT2D eigenvalue weighted by molar-refractivity contribution is 7.10. The van der Waals surface area contributed by atoms with E-state index >= 15 is 0 Å². The highest BCUT2D eigenvalue weighted by Crippen LogP contribution is 2.31. The van der Waals surface area contributed by atoms with Gasteiger partial charge in [-0.1, -0.05) is 32.4 Å². The molecule has 2 heterocycles. The zero-order valence-corrected chi connectivity index (χ0v) is 22.9. The van der Waals surface area contributed by atoms with Crippen LogP contribution in [-0.4, -0.2) is 42.6 Å². The summed E-state index contributed by atoms with van der Waals surface area (Å²) in [5, 5.41) is 8.39. The molecule has 3 rings (SSSR count). The summed E-state index contributed by atoms with van der Waals surface area (Å²) in [5.74, 6) is 1.70. The van der Waals surface area contributed by atoms with Gasteiger partial charge in [0.05, 0.1) is 11.3 Å². The molecule has 0 fully saturated rings. The first-order valence-electron chi connectivity index (χ1n) is 12.8. The fourth-order valence-corrected chi connectivity index (χ4v) is 4.65. The Morgan fingerprint density at radius 3 is 2.69 bits per heavy atom. The third kappa shape index (κ3) is 7.51. The van der Waals surface area contributed by atoms with Gasteiger partial charge in [0, 0.05) is 42.3 Å². The molecular weight excluding hydrogens is 470 g/mol. The number of carbonyl (C=O) groups excluding carboxylic acids is 1. The Kier molecular flexibility index (Phi) is 10.7. The molecule has 0 bridgehead atoms. The molecule has 1 amide bonds. The molecule has 0 radical (unpaired) electrons. The minimum atomic E-state index is -0.0963. The van der Waals surface area contributed by atoms with Gasteiger partial charge in [0.15, 0.2) is 0 Å². The SMILES string of the molecule is CCNc1ncc(C(=O)N(CCC(C)CC)c2cccc(OC(CCNC)c3cccs3)c2)c(C)n1. The molecular formula is C28H39N5O2S. The van der Waals surface area contributed by atoms with Gasteiger partial charge in [0.2, 0.25) is 5.95 Å². The smallest absolute Gasteiger partial charge is 0.261 e. The number of hydrogen-bond donors (Lipinski definition) is 2. The van der Waals surface area contributed by atoms with Crippen LogP contribution >= 0.6 is 11.3 Å². The summed E-state index contributed by atoms with van der Waals surface area (Å²) in [6.45, 7) is 10.4. The van der Waals surface area contributed by atoms with Crippen molar-refractivity contribution in [1.82, 2.24) is 15.3 Å². The fourth-order valence-electron chi connectivity index (χ4n) is 3.87. The molecule has 3 aromatic rings. The predicted molar refractivity (Wildman–Crippen MR) is 149 cm³/mol. The van der Waals surface area contributed by atoms with Gasteiger partial charge in [-0.25, -0.2) is 9.97 Å². The van der Waals surface area contributed by atoms with Crippen LogP contribution in [0.25, 0.3) is 0 Å². The Labute approximate surface area is 219 Å². The zero-order chi connectivity index (χ0) is 25.9. The third-order valence-electron chi connectivity index (χ3n) is 6.26. The molecule has 194 valence electrons. The molecule has 0 spiro atoms. The lowest BCUT2D eigenvalue weighted by Gasteiger charge is -2.26. The largest absolute Gasteiger partial charge is 0.485 e. The number of amides is 1. The van der Waals surface area contributed by atoms with E-state index in [9.17, 15) is 4.79 Å². The van der Waals surface area contributed by atoms with E-state index in [1.165, 1.54) is 4.88 Å². The van der Waals surface area contributed by atoms with E-state index in [-0.39, 0.29) is 12.0 Å². The van der Waals surface area contributed by atoms with E-state index in [4.69, 9.17) is 4.74 Å². The normalized spacial score (nSPS) is 12.7. The van der Waals surface area contributed by atoms with E-state index in [0.717, 1.165) is 43.8 Å². The van der Waals surface area contributed by atoms with Crippen LogP contribution in [0, 0.1) is 12.8 Å². The number of thiophene rings is 1. The van der Waals surface area contributed by atoms with Gasteiger partial charge in [-0.15, -0.1) is 11.3 Å². The Hall–Kier alpha value is -2.97. The van der Waals surface area contributed by atoms with E-state index in [1.54, 1.807) is 17.5 Å². The fraction of sp³-hybridized carbons (Fsp3) is 0.464. The summed E-state index contributed by atoms with van der Waals surface area (Å²) >= 11 is 1.70. The Balaban J connectivity index is 1.89. The maximum absolute atomic E-state index is 13.8. The van der Waals surface area contributed by atoms with E-state index in [0.29, 0.717) is 29.7 Å². The molecule has 2 atom stereocenters. The van der Waals surface area contributed by atoms with Crippen LogP contribution < -0.4 is 20.3 Å². The lowest BCUT2D eigenvalue weighted by molar-refractivity contribution is 0.0984. The minimum absolute atomic E-state index is 0.0498. The van der Waals surface area contributed by atoms with Gasteiger partial charge >= 0.3 is 0 Å². The molecule has 2 unspecified atom stereocenters. The number of aryl methyl sites for hydroxylation is 1. The highest BCUT2D eigenvalue weighted by Gasteiger charge is 2.23. The van der Waals surface area contributed by atoms with Gasteiger partial charge in [-0.05, 0) is 63.4 Å². The van der Waals surface area contributed by atoms with Crippen molar-refractivity contribution in [2.75, 3.05) is 36.9 Å². The average molecular weight is 510 g/mol. The van der Waals surface area contributed by atoms with Gasteiger partial charge in [0.25, 0.3) is 5.91 Å². The molecule has 0 aliphatic heterocycles. The van der Waals surface area contributed by atoms with E-state index < -0.39 is 0 Å². The molecule has 0 aliphatic carbocycles. The van der Waals surface area contributed by atoms with Crippen LogP contribution in [0.15, 0.2) is 48.0 Å². The van der Waals surface area contributed by atoms with Crippen LogP contribution in [0.4, 0.5) is 11.6 Å². The van der Waals surface area contributed by atoms with Gasteiger partial charge in [-0.2, -0.15) is 0 Å². The van der Waals surface area contributed by atoms with Crippen molar-refractivity contribution in [3.63, 3.8) is 0 Å².